The Balaban J connectivity index is 0.000000153. The van der Waals surface area contributed by atoms with Crippen LogP contribution in [0.2, 0.25) is 0 Å². The average Bonchev–Trinajstić information content (AvgIpc) is 3.66. The fraction of sp³-hybridized carbons (Fsp3) is 0.0617. The summed E-state index contributed by atoms with van der Waals surface area (Å²) >= 11 is 0. The highest BCUT2D eigenvalue weighted by atomic mass is 14.3. The lowest BCUT2D eigenvalue weighted by molar-refractivity contribution is 0.591. The van der Waals surface area contributed by atoms with Crippen molar-refractivity contribution < 1.29 is 0 Å². The molecule has 0 amide bonds. The monoisotopic (exact) mass is 1030 g/mol. The van der Waals surface area contributed by atoms with Gasteiger partial charge in [0.25, 0.3) is 0 Å². The molecule has 0 saturated carbocycles. The molecule has 14 aromatic rings. The summed E-state index contributed by atoms with van der Waals surface area (Å²) in [6.07, 6.45) is 0. The molecule has 0 atom stereocenters. The zero-order chi connectivity index (χ0) is 54.9. The second kappa shape index (κ2) is 21.7. The van der Waals surface area contributed by atoms with Gasteiger partial charge < -0.3 is 0 Å². The van der Waals surface area contributed by atoms with Gasteiger partial charge in [-0.05, 0) is 156 Å². The third-order valence-electron chi connectivity index (χ3n) is 16.2. The van der Waals surface area contributed by atoms with Crippen molar-refractivity contribution in [2.75, 3.05) is 0 Å². The summed E-state index contributed by atoms with van der Waals surface area (Å²) in [4.78, 5) is 0. The molecule has 0 nitrogen and oxygen atoms in total. The average molecular weight is 1040 g/mol. The molecule has 386 valence electrons. The van der Waals surface area contributed by atoms with Crippen molar-refractivity contribution in [1.29, 1.82) is 0 Å². The van der Waals surface area contributed by atoms with E-state index >= 15 is 0 Å². The van der Waals surface area contributed by atoms with Crippen LogP contribution in [0.25, 0.3) is 132 Å². The standard InChI is InChI=1S/C42H34.C39H28/c1-42(2,3)35-26-27-38-39(28-35)41(34-24-20-32(21-25-34)30-14-8-5-9-15-30)37-17-11-10-16-36(37)40(38)33-22-18-31(19-23-33)29-12-6-4-7-13-29;1-27-16-25-36-37(26-27)39(33-23-19-31(20-24-33)29-12-6-3-7-13-29)35-15-9-8-14-34(35)38(36)32-21-17-30(18-22-32)28-10-4-2-5-11-28/h4-28H,1-3H3;2-26H,1H3. The molecular formula is C81H62. The first kappa shape index (κ1) is 50.6. The van der Waals surface area contributed by atoms with E-state index in [2.05, 4.69) is 331 Å². The van der Waals surface area contributed by atoms with E-state index in [1.807, 2.05) is 0 Å². The van der Waals surface area contributed by atoms with E-state index in [9.17, 15) is 0 Å². The van der Waals surface area contributed by atoms with Gasteiger partial charge in [-0.1, -0.05) is 324 Å². The Labute approximate surface area is 477 Å². The van der Waals surface area contributed by atoms with Gasteiger partial charge in [-0.15, -0.1) is 0 Å². The number of aryl methyl sites for hydroxylation is 1. The van der Waals surface area contributed by atoms with E-state index in [4.69, 9.17) is 0 Å². The Bertz CT molecular complexity index is 4510. The molecule has 0 aromatic heterocycles. The molecule has 0 heterocycles. The Kier molecular flexibility index (Phi) is 13.6. The predicted molar refractivity (Wildman–Crippen MR) is 350 cm³/mol. The van der Waals surface area contributed by atoms with Crippen molar-refractivity contribution in [2.45, 2.75) is 33.1 Å². The second-order valence-corrected chi connectivity index (χ2v) is 22.4. The summed E-state index contributed by atoms with van der Waals surface area (Å²) in [6, 6.07) is 110. The Morgan fingerprint density at radius 1 is 0.185 bits per heavy atom. The predicted octanol–water partition coefficient (Wildman–Crippen LogP) is 22.9. The summed E-state index contributed by atoms with van der Waals surface area (Å²) in [7, 11) is 0. The maximum absolute atomic E-state index is 2.43. The number of rotatable bonds is 8. The maximum Gasteiger partial charge on any atom is -0.00263 e. The third kappa shape index (κ3) is 10.0. The van der Waals surface area contributed by atoms with Crippen LogP contribution in [0.5, 0.6) is 0 Å². The van der Waals surface area contributed by atoms with Crippen LogP contribution in [0.3, 0.4) is 0 Å². The van der Waals surface area contributed by atoms with Crippen LogP contribution >= 0.6 is 0 Å². The van der Waals surface area contributed by atoms with Gasteiger partial charge in [0, 0.05) is 0 Å². The lowest BCUT2D eigenvalue weighted by Gasteiger charge is -2.23. The largest absolute Gasteiger partial charge is 0.0622 e. The Morgan fingerprint density at radius 2 is 0.407 bits per heavy atom. The summed E-state index contributed by atoms with van der Waals surface area (Å²) in [5.41, 5.74) is 22.7. The van der Waals surface area contributed by atoms with Crippen molar-refractivity contribution in [3.8, 4) is 89.0 Å². The topological polar surface area (TPSA) is 0 Å². The van der Waals surface area contributed by atoms with Gasteiger partial charge in [-0.25, -0.2) is 0 Å². The minimum atomic E-state index is 0.0474. The minimum Gasteiger partial charge on any atom is -0.0622 e. The SMILES string of the molecule is CC(C)(C)c1ccc2c(-c3ccc(-c4ccccc4)cc3)c3ccccc3c(-c3ccc(-c4ccccc4)cc3)c2c1.Cc1ccc2c(-c3ccc(-c4ccccc4)cc3)c3ccccc3c(-c3ccc(-c4ccccc4)cc3)c2c1. The maximum atomic E-state index is 2.43. The van der Waals surface area contributed by atoms with Crippen molar-refractivity contribution in [1.82, 2.24) is 0 Å². The molecule has 0 aliphatic rings. The second-order valence-electron chi connectivity index (χ2n) is 22.4. The van der Waals surface area contributed by atoms with Crippen molar-refractivity contribution in [3.05, 3.63) is 314 Å². The smallest absolute Gasteiger partial charge is 0.00263 e. The lowest BCUT2D eigenvalue weighted by atomic mass is 9.81. The van der Waals surface area contributed by atoms with Crippen molar-refractivity contribution in [3.63, 3.8) is 0 Å². The normalized spacial score (nSPS) is 11.5. The molecule has 0 radical (unpaired) electrons. The van der Waals surface area contributed by atoms with E-state index in [-0.39, 0.29) is 5.41 Å². The van der Waals surface area contributed by atoms with Crippen LogP contribution in [0, 0.1) is 6.92 Å². The zero-order valence-electron chi connectivity index (χ0n) is 46.4. The molecule has 81 heavy (non-hydrogen) atoms. The summed E-state index contributed by atoms with van der Waals surface area (Å²) in [5.74, 6) is 0. The number of hydrogen-bond donors (Lipinski definition) is 0. The minimum absolute atomic E-state index is 0.0474. The van der Waals surface area contributed by atoms with Crippen LogP contribution in [0.15, 0.2) is 303 Å². The Hall–Kier alpha value is -9.88. The van der Waals surface area contributed by atoms with Crippen LogP contribution in [-0.4, -0.2) is 0 Å². The van der Waals surface area contributed by atoms with Gasteiger partial charge >= 0.3 is 0 Å². The molecule has 0 unspecified atom stereocenters. The van der Waals surface area contributed by atoms with Crippen LogP contribution < -0.4 is 0 Å². The highest BCUT2D eigenvalue weighted by Crippen LogP contribution is 2.47. The molecule has 0 heteroatoms. The first-order chi connectivity index (χ1) is 39.7. The molecule has 14 rings (SSSR count). The quantitative estimate of drug-likeness (QED) is 0.133. The summed E-state index contributed by atoms with van der Waals surface area (Å²) in [5, 5.41) is 10.3. The fourth-order valence-electron chi connectivity index (χ4n) is 12.0. The molecule has 0 aliphatic heterocycles. The zero-order valence-corrected chi connectivity index (χ0v) is 46.4. The first-order valence-corrected chi connectivity index (χ1v) is 28.3. The van der Waals surface area contributed by atoms with E-state index < -0.39 is 0 Å². The van der Waals surface area contributed by atoms with Crippen LogP contribution in [0.1, 0.15) is 31.9 Å². The number of fused-ring (bicyclic) bond motifs is 4. The van der Waals surface area contributed by atoms with Crippen molar-refractivity contribution >= 4 is 43.1 Å². The summed E-state index contributed by atoms with van der Waals surface area (Å²) < 4.78 is 0. The van der Waals surface area contributed by atoms with Gasteiger partial charge in [0.05, 0.1) is 0 Å². The van der Waals surface area contributed by atoms with Crippen LogP contribution in [0.4, 0.5) is 0 Å². The van der Waals surface area contributed by atoms with E-state index in [1.54, 1.807) is 0 Å². The van der Waals surface area contributed by atoms with E-state index in [1.165, 1.54) is 143 Å². The molecule has 0 aliphatic carbocycles. The van der Waals surface area contributed by atoms with Crippen molar-refractivity contribution in [2.24, 2.45) is 0 Å². The molecule has 0 saturated heterocycles. The third-order valence-corrected chi connectivity index (χ3v) is 16.2. The molecule has 0 bridgehead atoms. The van der Waals surface area contributed by atoms with Gasteiger partial charge in [0.2, 0.25) is 0 Å². The molecule has 14 aromatic carbocycles. The van der Waals surface area contributed by atoms with E-state index in [0.717, 1.165) is 0 Å². The Morgan fingerprint density at radius 3 is 0.704 bits per heavy atom. The lowest BCUT2D eigenvalue weighted by Crippen LogP contribution is -2.10. The molecule has 0 fully saturated rings. The van der Waals surface area contributed by atoms with Gasteiger partial charge in [-0.3, -0.25) is 0 Å². The van der Waals surface area contributed by atoms with E-state index in [0.29, 0.717) is 0 Å². The number of hydrogen-bond acceptors (Lipinski definition) is 0. The van der Waals surface area contributed by atoms with Gasteiger partial charge in [0.15, 0.2) is 0 Å². The molecule has 0 N–H and O–H groups in total. The van der Waals surface area contributed by atoms with Gasteiger partial charge in [-0.2, -0.15) is 0 Å². The first-order valence-electron chi connectivity index (χ1n) is 28.3. The highest BCUT2D eigenvalue weighted by molar-refractivity contribution is 6.23. The van der Waals surface area contributed by atoms with Gasteiger partial charge in [0.1, 0.15) is 0 Å². The highest BCUT2D eigenvalue weighted by Gasteiger charge is 2.22. The number of benzene rings is 14. The molecule has 0 spiro atoms. The molecular weight excluding hydrogens is 973 g/mol. The fourth-order valence-corrected chi connectivity index (χ4v) is 12.0. The summed E-state index contributed by atoms with van der Waals surface area (Å²) in [6.45, 7) is 9.08. The van der Waals surface area contributed by atoms with Crippen LogP contribution in [-0.2, 0) is 5.41 Å².